The lowest BCUT2D eigenvalue weighted by Gasteiger charge is -2.12. The third-order valence-electron chi connectivity index (χ3n) is 2.55. The van der Waals surface area contributed by atoms with Crippen molar-refractivity contribution in [1.29, 1.82) is 0 Å². The first kappa shape index (κ1) is 16.3. The molecule has 20 heavy (non-hydrogen) atoms. The molecule has 0 spiro atoms. The average molecular weight is 296 g/mol. The van der Waals surface area contributed by atoms with Gasteiger partial charge in [0.25, 0.3) is 0 Å². The molecule has 1 aromatic carbocycles. The molecule has 0 bridgehead atoms. The lowest BCUT2D eigenvalue weighted by atomic mass is 10.1. The molecule has 1 aromatic rings. The molecule has 0 amide bonds. The zero-order valence-corrected chi connectivity index (χ0v) is 13.1. The van der Waals surface area contributed by atoms with Gasteiger partial charge in [-0.3, -0.25) is 0 Å². The maximum absolute atomic E-state index is 5.33. The van der Waals surface area contributed by atoms with E-state index in [1.54, 1.807) is 27.4 Å². The summed E-state index contributed by atoms with van der Waals surface area (Å²) in [5.74, 6) is 1.77. The summed E-state index contributed by atoms with van der Waals surface area (Å²) >= 11 is 5.09. The van der Waals surface area contributed by atoms with Gasteiger partial charge < -0.3 is 18.9 Å². The Morgan fingerprint density at radius 1 is 1.10 bits per heavy atom. The lowest BCUT2D eigenvalue weighted by molar-refractivity contribution is 0.315. The molecular weight excluding hydrogens is 276 g/mol. The van der Waals surface area contributed by atoms with E-state index in [0.717, 1.165) is 12.0 Å². The maximum Gasteiger partial charge on any atom is 0.203 e. The third kappa shape index (κ3) is 4.42. The van der Waals surface area contributed by atoms with Crippen molar-refractivity contribution >= 4 is 23.3 Å². The van der Waals surface area contributed by atoms with Gasteiger partial charge in [0.2, 0.25) is 5.75 Å². The van der Waals surface area contributed by atoms with Gasteiger partial charge in [-0.25, -0.2) is 0 Å². The van der Waals surface area contributed by atoms with E-state index in [9.17, 15) is 0 Å². The second-order valence-electron chi connectivity index (χ2n) is 3.96. The van der Waals surface area contributed by atoms with Gasteiger partial charge in [0.05, 0.1) is 27.9 Å². The van der Waals surface area contributed by atoms with E-state index < -0.39 is 0 Å². The summed E-state index contributed by atoms with van der Waals surface area (Å²) in [4.78, 5) is 0. The standard InChI is InChI=1S/C15H20O4S/c1-5-8-19-14(20)7-6-11-9-12(16-2)15(18-4)13(10-11)17-3/h6-7,9-10H,5,8H2,1-4H3/b7-6+. The van der Waals surface area contributed by atoms with Crippen molar-refractivity contribution in [3.8, 4) is 17.2 Å². The monoisotopic (exact) mass is 296 g/mol. The van der Waals surface area contributed by atoms with Crippen LogP contribution in [-0.2, 0) is 4.74 Å². The predicted octanol–water partition coefficient (Wildman–Crippen LogP) is 3.48. The van der Waals surface area contributed by atoms with Crippen LogP contribution in [0.15, 0.2) is 18.2 Å². The van der Waals surface area contributed by atoms with E-state index in [1.807, 2.05) is 25.1 Å². The summed E-state index contributed by atoms with van der Waals surface area (Å²) in [6.07, 6.45) is 4.52. The highest BCUT2D eigenvalue weighted by Crippen LogP contribution is 2.38. The summed E-state index contributed by atoms with van der Waals surface area (Å²) in [6.45, 7) is 2.66. The molecule has 110 valence electrons. The Kier molecular flexibility index (Phi) is 6.87. The molecule has 0 N–H and O–H groups in total. The summed E-state index contributed by atoms with van der Waals surface area (Å²) in [5, 5.41) is 0.459. The van der Waals surface area contributed by atoms with Gasteiger partial charge in [0, 0.05) is 0 Å². The maximum atomic E-state index is 5.33. The van der Waals surface area contributed by atoms with Crippen molar-refractivity contribution in [3.63, 3.8) is 0 Å². The molecule has 0 saturated heterocycles. The first-order valence-corrected chi connectivity index (χ1v) is 6.71. The molecule has 0 aliphatic rings. The fourth-order valence-corrected chi connectivity index (χ4v) is 1.76. The Morgan fingerprint density at radius 3 is 2.15 bits per heavy atom. The van der Waals surface area contributed by atoms with Gasteiger partial charge >= 0.3 is 0 Å². The van der Waals surface area contributed by atoms with Crippen molar-refractivity contribution in [2.24, 2.45) is 0 Å². The van der Waals surface area contributed by atoms with Crippen LogP contribution in [0.4, 0.5) is 0 Å². The Hall–Kier alpha value is -1.75. The zero-order chi connectivity index (χ0) is 15.0. The summed E-state index contributed by atoms with van der Waals surface area (Å²) in [6, 6.07) is 3.70. The van der Waals surface area contributed by atoms with Gasteiger partial charge in [0.1, 0.15) is 0 Å². The number of methoxy groups -OCH3 is 3. The van der Waals surface area contributed by atoms with E-state index in [1.165, 1.54) is 0 Å². The van der Waals surface area contributed by atoms with E-state index in [4.69, 9.17) is 31.2 Å². The number of thiocarbonyl (C=S) groups is 1. The van der Waals surface area contributed by atoms with Crippen LogP contribution >= 0.6 is 12.2 Å². The minimum Gasteiger partial charge on any atom is -0.493 e. The van der Waals surface area contributed by atoms with Gasteiger partial charge in [-0.05, 0) is 42.4 Å². The topological polar surface area (TPSA) is 36.9 Å². The first-order valence-electron chi connectivity index (χ1n) is 6.31. The quantitative estimate of drug-likeness (QED) is 0.569. The molecule has 5 heteroatoms. The molecule has 0 unspecified atom stereocenters. The van der Waals surface area contributed by atoms with E-state index in [2.05, 4.69) is 0 Å². The van der Waals surface area contributed by atoms with Crippen LogP contribution in [0, 0.1) is 0 Å². The summed E-state index contributed by atoms with van der Waals surface area (Å²) < 4.78 is 21.2. The largest absolute Gasteiger partial charge is 0.493 e. The molecule has 0 heterocycles. The van der Waals surface area contributed by atoms with Crippen molar-refractivity contribution in [3.05, 3.63) is 23.8 Å². The van der Waals surface area contributed by atoms with Gasteiger partial charge in [0.15, 0.2) is 16.5 Å². The number of hydrogen-bond acceptors (Lipinski definition) is 5. The van der Waals surface area contributed by atoms with E-state index in [-0.39, 0.29) is 0 Å². The number of hydrogen-bond donors (Lipinski definition) is 0. The van der Waals surface area contributed by atoms with Crippen molar-refractivity contribution in [2.75, 3.05) is 27.9 Å². The molecule has 0 saturated carbocycles. The Bertz CT molecular complexity index is 458. The van der Waals surface area contributed by atoms with Crippen LogP contribution in [0.1, 0.15) is 18.9 Å². The second-order valence-corrected chi connectivity index (χ2v) is 4.36. The van der Waals surface area contributed by atoms with Crippen LogP contribution in [0.3, 0.4) is 0 Å². The molecule has 0 radical (unpaired) electrons. The zero-order valence-electron chi connectivity index (χ0n) is 12.3. The second kappa shape index (κ2) is 8.43. The van der Waals surface area contributed by atoms with Crippen LogP contribution in [0.2, 0.25) is 0 Å². The molecule has 0 atom stereocenters. The lowest BCUT2D eigenvalue weighted by Crippen LogP contribution is -1.98. The highest BCUT2D eigenvalue weighted by molar-refractivity contribution is 7.80. The molecule has 0 aromatic heterocycles. The van der Waals surface area contributed by atoms with Crippen molar-refractivity contribution < 1.29 is 18.9 Å². The Morgan fingerprint density at radius 2 is 1.70 bits per heavy atom. The smallest absolute Gasteiger partial charge is 0.203 e. The first-order chi connectivity index (χ1) is 9.65. The van der Waals surface area contributed by atoms with Crippen molar-refractivity contribution in [2.45, 2.75) is 13.3 Å². The van der Waals surface area contributed by atoms with Crippen LogP contribution < -0.4 is 14.2 Å². The number of ether oxygens (including phenoxy) is 4. The molecule has 0 aliphatic heterocycles. The van der Waals surface area contributed by atoms with Crippen LogP contribution in [0.5, 0.6) is 17.2 Å². The minimum atomic E-state index is 0.459. The van der Waals surface area contributed by atoms with Gasteiger partial charge in [-0.2, -0.15) is 0 Å². The summed E-state index contributed by atoms with van der Waals surface area (Å²) in [5.41, 5.74) is 0.891. The number of benzene rings is 1. The predicted molar refractivity (Wildman–Crippen MR) is 84.0 cm³/mol. The van der Waals surface area contributed by atoms with E-state index >= 15 is 0 Å². The fourth-order valence-electron chi connectivity index (χ4n) is 1.61. The van der Waals surface area contributed by atoms with Crippen LogP contribution in [0.25, 0.3) is 6.08 Å². The van der Waals surface area contributed by atoms with Gasteiger partial charge in [-0.15, -0.1) is 0 Å². The molecule has 1 rings (SSSR count). The molecule has 4 nitrogen and oxygen atoms in total. The molecule has 0 aliphatic carbocycles. The van der Waals surface area contributed by atoms with E-state index in [0.29, 0.717) is 28.9 Å². The number of rotatable bonds is 7. The fraction of sp³-hybridized carbons (Fsp3) is 0.400. The SMILES string of the molecule is CCCOC(=S)/C=C/c1cc(OC)c(OC)c(OC)c1. The molecule has 0 fully saturated rings. The van der Waals surface area contributed by atoms with Gasteiger partial charge in [-0.1, -0.05) is 13.0 Å². The normalized spacial score (nSPS) is 10.4. The highest BCUT2D eigenvalue weighted by Gasteiger charge is 2.11. The third-order valence-corrected chi connectivity index (χ3v) is 2.80. The minimum absolute atomic E-state index is 0.459. The Labute approximate surface area is 125 Å². The Balaban J connectivity index is 2.96. The molecular formula is C15H20O4S. The van der Waals surface area contributed by atoms with Crippen LogP contribution in [-0.4, -0.2) is 33.0 Å². The highest BCUT2D eigenvalue weighted by atomic mass is 32.1. The summed E-state index contributed by atoms with van der Waals surface area (Å²) in [7, 11) is 4.74. The average Bonchev–Trinajstić information content (AvgIpc) is 2.49. The van der Waals surface area contributed by atoms with Crippen molar-refractivity contribution in [1.82, 2.24) is 0 Å².